The highest BCUT2D eigenvalue weighted by atomic mass is 19.4. The average molecular weight is 452 g/mol. The molecule has 3 amide bonds. The van der Waals surface area contributed by atoms with Crippen LogP contribution in [0.4, 0.5) is 18.0 Å². The summed E-state index contributed by atoms with van der Waals surface area (Å²) in [5.74, 6) is -0.727. The van der Waals surface area contributed by atoms with E-state index in [1.807, 2.05) is 0 Å². The monoisotopic (exact) mass is 452 g/mol. The zero-order valence-corrected chi connectivity index (χ0v) is 16.7. The minimum absolute atomic E-state index is 0.00524. The van der Waals surface area contributed by atoms with E-state index in [4.69, 9.17) is 5.11 Å². The van der Waals surface area contributed by atoms with E-state index < -0.39 is 37.0 Å². The average Bonchev–Trinajstić information content (AvgIpc) is 3.46. The van der Waals surface area contributed by atoms with Gasteiger partial charge in [-0.15, -0.1) is 5.10 Å². The van der Waals surface area contributed by atoms with Gasteiger partial charge >= 0.3 is 12.2 Å². The minimum atomic E-state index is -4.62. The molecule has 1 aliphatic heterocycles. The van der Waals surface area contributed by atoms with Crippen molar-refractivity contribution in [2.45, 2.75) is 24.9 Å². The van der Waals surface area contributed by atoms with Crippen LogP contribution in [0.25, 0.3) is 17.6 Å². The van der Waals surface area contributed by atoms with Crippen LogP contribution in [0.3, 0.4) is 0 Å². The largest absolute Gasteiger partial charge is 0.433 e. The van der Waals surface area contributed by atoms with Crippen LogP contribution in [0.2, 0.25) is 0 Å². The molecular formula is C19H19F3N6O4. The predicted octanol–water partition coefficient (Wildman–Crippen LogP) is 1.28. The first-order valence-corrected chi connectivity index (χ1v) is 9.80. The number of halogens is 3. The number of nitrogens with zero attached hydrogens (tertiary/aromatic N) is 6. The smallest absolute Gasteiger partial charge is 0.395 e. The van der Waals surface area contributed by atoms with Crippen molar-refractivity contribution in [3.05, 3.63) is 35.5 Å². The molecule has 3 heterocycles. The number of pyridine rings is 1. The molecule has 0 radical (unpaired) electrons. The Bertz CT molecular complexity index is 1080. The van der Waals surface area contributed by atoms with Crippen molar-refractivity contribution in [3.8, 4) is 11.4 Å². The molecule has 2 aliphatic rings. The zero-order valence-electron chi connectivity index (χ0n) is 16.7. The van der Waals surface area contributed by atoms with Crippen LogP contribution in [0.1, 0.15) is 30.1 Å². The summed E-state index contributed by atoms with van der Waals surface area (Å²) in [5.41, 5.74) is -0.681. The Labute approximate surface area is 179 Å². The van der Waals surface area contributed by atoms with E-state index in [0.717, 1.165) is 33.4 Å². The summed E-state index contributed by atoms with van der Waals surface area (Å²) in [5, 5.41) is 22.4. The highest BCUT2D eigenvalue weighted by Gasteiger charge is 2.40. The van der Waals surface area contributed by atoms with Gasteiger partial charge in [0.25, 0.3) is 5.91 Å². The van der Waals surface area contributed by atoms with Crippen LogP contribution in [0.5, 0.6) is 0 Å². The first-order valence-electron chi connectivity index (χ1n) is 9.80. The van der Waals surface area contributed by atoms with Crippen molar-refractivity contribution >= 4 is 18.1 Å². The summed E-state index contributed by atoms with van der Waals surface area (Å²) in [6.45, 7) is -1.23. The topological polar surface area (TPSA) is 125 Å². The summed E-state index contributed by atoms with van der Waals surface area (Å²) in [4.78, 5) is 34.5. The molecule has 0 bridgehead atoms. The molecule has 10 nitrogen and oxygen atoms in total. The Morgan fingerprint density at radius 3 is 2.41 bits per heavy atom. The maximum absolute atomic E-state index is 13.3. The third-order valence-electron chi connectivity index (χ3n) is 5.02. The summed E-state index contributed by atoms with van der Waals surface area (Å²) >= 11 is 0. The molecule has 2 N–H and O–H groups in total. The fraction of sp³-hybridized carbons (Fsp3) is 0.421. The number of aromatic nitrogens is 4. The SMILES string of the molecule is O=C1C(=Cn2cnc(-c3cc(C4CC4)nc(C(F)(F)F)c3)n2)N(CCO)C(=O)N1CCO. The number of hydrogen-bond donors (Lipinski definition) is 2. The first-order chi connectivity index (χ1) is 15.2. The molecular weight excluding hydrogens is 433 g/mol. The van der Waals surface area contributed by atoms with Gasteiger partial charge in [0.05, 0.1) is 32.5 Å². The molecule has 2 aromatic rings. The molecule has 4 rings (SSSR count). The normalized spacial score (nSPS) is 18.3. The number of aliphatic hydroxyl groups excluding tert-OH is 2. The number of urea groups is 1. The number of amides is 3. The molecule has 1 saturated heterocycles. The molecule has 32 heavy (non-hydrogen) atoms. The number of carbonyl (C=O) groups is 2. The van der Waals surface area contributed by atoms with Crippen LogP contribution in [-0.2, 0) is 11.0 Å². The van der Waals surface area contributed by atoms with Gasteiger partial charge in [-0.3, -0.25) is 14.6 Å². The second-order valence-corrected chi connectivity index (χ2v) is 7.34. The van der Waals surface area contributed by atoms with Gasteiger partial charge in [0, 0.05) is 17.2 Å². The second kappa shape index (κ2) is 8.31. The van der Waals surface area contributed by atoms with E-state index in [1.54, 1.807) is 0 Å². The molecule has 2 fully saturated rings. The third kappa shape index (κ3) is 4.21. The lowest BCUT2D eigenvalue weighted by molar-refractivity contribution is -0.141. The first kappa shape index (κ1) is 21.9. The van der Waals surface area contributed by atoms with Crippen molar-refractivity contribution in [1.82, 2.24) is 29.5 Å². The number of aliphatic hydroxyl groups is 2. The van der Waals surface area contributed by atoms with Gasteiger partial charge in [0.1, 0.15) is 17.7 Å². The van der Waals surface area contributed by atoms with Crippen LogP contribution < -0.4 is 0 Å². The fourth-order valence-electron chi connectivity index (χ4n) is 3.34. The predicted molar refractivity (Wildman–Crippen MR) is 102 cm³/mol. The lowest BCUT2D eigenvalue weighted by Crippen LogP contribution is -2.35. The van der Waals surface area contributed by atoms with Gasteiger partial charge < -0.3 is 10.2 Å². The Kier molecular flexibility index (Phi) is 5.69. The lowest BCUT2D eigenvalue weighted by Gasteiger charge is -2.14. The molecule has 2 aromatic heterocycles. The minimum Gasteiger partial charge on any atom is -0.395 e. The maximum Gasteiger partial charge on any atom is 0.433 e. The van der Waals surface area contributed by atoms with Crippen molar-refractivity contribution in [1.29, 1.82) is 0 Å². The van der Waals surface area contributed by atoms with Crippen molar-refractivity contribution in [2.75, 3.05) is 26.3 Å². The molecule has 1 saturated carbocycles. The lowest BCUT2D eigenvalue weighted by atomic mass is 10.1. The second-order valence-electron chi connectivity index (χ2n) is 7.34. The number of β-amino-alcohol motifs (C(OH)–C–C–N with tert-alkyl or cyclic N) is 2. The standard InChI is InChI=1S/C19H19F3N6O4/c20-19(21,22)15-8-12(7-13(24-15)11-1-2-11)16-23-10-26(25-16)9-14-17(31)28(4-6-30)18(32)27(14)3-5-29/h7-11,29-30H,1-6H2. The van der Waals surface area contributed by atoms with Gasteiger partial charge in [0.2, 0.25) is 0 Å². The van der Waals surface area contributed by atoms with Gasteiger partial charge in [-0.05, 0) is 25.0 Å². The van der Waals surface area contributed by atoms with E-state index in [0.29, 0.717) is 5.69 Å². The van der Waals surface area contributed by atoms with Crippen LogP contribution in [0, 0.1) is 0 Å². The van der Waals surface area contributed by atoms with Gasteiger partial charge in [0.15, 0.2) is 5.82 Å². The van der Waals surface area contributed by atoms with E-state index in [9.17, 15) is 27.9 Å². The van der Waals surface area contributed by atoms with Gasteiger partial charge in [-0.2, -0.15) is 13.2 Å². The number of alkyl halides is 3. The number of rotatable bonds is 7. The van der Waals surface area contributed by atoms with Crippen LogP contribution in [-0.4, -0.2) is 78.0 Å². The number of imide groups is 1. The molecule has 0 unspecified atom stereocenters. The molecule has 13 heteroatoms. The summed E-state index contributed by atoms with van der Waals surface area (Å²) < 4.78 is 41.0. The van der Waals surface area contributed by atoms with Gasteiger partial charge in [-0.1, -0.05) is 0 Å². The van der Waals surface area contributed by atoms with Crippen LogP contribution >= 0.6 is 0 Å². The number of hydrogen-bond acceptors (Lipinski definition) is 7. The maximum atomic E-state index is 13.3. The van der Waals surface area contributed by atoms with Crippen molar-refractivity contribution < 1.29 is 33.0 Å². The summed E-state index contributed by atoms with van der Waals surface area (Å²) in [7, 11) is 0. The van der Waals surface area contributed by atoms with E-state index in [2.05, 4.69) is 15.1 Å². The number of carbonyl (C=O) groups excluding carboxylic acids is 2. The third-order valence-corrected chi connectivity index (χ3v) is 5.02. The van der Waals surface area contributed by atoms with E-state index >= 15 is 0 Å². The Hall–Kier alpha value is -3.32. The van der Waals surface area contributed by atoms with E-state index in [-0.39, 0.29) is 36.1 Å². The highest BCUT2D eigenvalue weighted by Crippen LogP contribution is 2.41. The van der Waals surface area contributed by atoms with Crippen molar-refractivity contribution in [3.63, 3.8) is 0 Å². The quantitative estimate of drug-likeness (QED) is 0.479. The fourth-order valence-corrected chi connectivity index (χ4v) is 3.34. The molecule has 0 aromatic carbocycles. The Morgan fingerprint density at radius 1 is 1.09 bits per heavy atom. The molecule has 0 atom stereocenters. The summed E-state index contributed by atoms with van der Waals surface area (Å²) in [6, 6.07) is 1.68. The molecule has 170 valence electrons. The zero-order chi connectivity index (χ0) is 23.0. The van der Waals surface area contributed by atoms with E-state index in [1.165, 1.54) is 18.6 Å². The van der Waals surface area contributed by atoms with Crippen molar-refractivity contribution in [2.24, 2.45) is 0 Å². The van der Waals surface area contributed by atoms with Gasteiger partial charge in [-0.25, -0.2) is 19.4 Å². The highest BCUT2D eigenvalue weighted by molar-refractivity contribution is 6.13. The Balaban J connectivity index is 1.68. The summed E-state index contributed by atoms with van der Waals surface area (Å²) in [6.07, 6.45) is -0.707. The van der Waals surface area contributed by atoms with Crippen LogP contribution in [0.15, 0.2) is 24.2 Å². The molecule has 1 aliphatic carbocycles. The Morgan fingerprint density at radius 2 is 1.78 bits per heavy atom. The molecule has 0 spiro atoms.